The second-order valence-electron chi connectivity index (χ2n) is 5.93. The zero-order valence-corrected chi connectivity index (χ0v) is 12.1. The quantitative estimate of drug-likeness (QED) is 0.835. The van der Waals surface area contributed by atoms with Crippen LogP contribution in [0, 0.1) is 0 Å². The number of amides is 1. The summed E-state index contributed by atoms with van der Waals surface area (Å²) >= 11 is 0. The topological polar surface area (TPSA) is 59.0 Å². The summed E-state index contributed by atoms with van der Waals surface area (Å²) in [6.07, 6.45) is 5.40. The average Bonchev–Trinajstić information content (AvgIpc) is 2.94. The molecule has 1 saturated heterocycles. The third kappa shape index (κ3) is 3.35. The Kier molecular flexibility index (Phi) is 4.24. The van der Waals surface area contributed by atoms with Gasteiger partial charge in [0.25, 0.3) is 0 Å². The van der Waals surface area contributed by atoms with E-state index in [-0.39, 0.29) is 17.4 Å². The lowest BCUT2D eigenvalue weighted by Crippen LogP contribution is -2.32. The van der Waals surface area contributed by atoms with Crippen molar-refractivity contribution >= 4 is 5.91 Å². The van der Waals surface area contributed by atoms with Crippen LogP contribution in [-0.2, 0) is 16.8 Å². The highest BCUT2D eigenvalue weighted by Gasteiger charge is 2.33. The number of carbonyl (C=O) groups excluding carboxylic acids is 1. The molecular formula is C14H24N4O. The molecule has 2 rings (SSSR count). The maximum Gasteiger partial charge on any atom is 0.221 e. The zero-order chi connectivity index (χ0) is 13.9. The minimum Gasteiger partial charge on any atom is -0.354 e. The van der Waals surface area contributed by atoms with Gasteiger partial charge < -0.3 is 15.2 Å². The molecule has 0 radical (unpaired) electrons. The molecule has 5 nitrogen and oxygen atoms in total. The summed E-state index contributed by atoms with van der Waals surface area (Å²) in [6, 6.07) is 0.200. The van der Waals surface area contributed by atoms with Crippen molar-refractivity contribution in [2.75, 3.05) is 13.1 Å². The SMILES string of the molecule is CC(C)NC(=O)CCn1cncc1C1(C)CCNC1. The normalized spacial score (nSPS) is 22.9. The highest BCUT2D eigenvalue weighted by Crippen LogP contribution is 2.29. The van der Waals surface area contributed by atoms with Gasteiger partial charge in [-0.1, -0.05) is 6.92 Å². The van der Waals surface area contributed by atoms with E-state index in [4.69, 9.17) is 0 Å². The number of aromatic nitrogens is 2. The molecule has 19 heavy (non-hydrogen) atoms. The van der Waals surface area contributed by atoms with Crippen molar-refractivity contribution in [2.24, 2.45) is 0 Å². The van der Waals surface area contributed by atoms with Crippen molar-refractivity contribution in [2.45, 2.75) is 51.6 Å². The average molecular weight is 264 g/mol. The van der Waals surface area contributed by atoms with Crippen molar-refractivity contribution in [3.8, 4) is 0 Å². The van der Waals surface area contributed by atoms with Gasteiger partial charge in [0.15, 0.2) is 0 Å². The molecule has 5 heteroatoms. The fourth-order valence-corrected chi connectivity index (χ4v) is 2.65. The molecule has 106 valence electrons. The summed E-state index contributed by atoms with van der Waals surface area (Å²) in [5, 5.41) is 6.32. The smallest absolute Gasteiger partial charge is 0.221 e. The molecule has 1 amide bonds. The summed E-state index contributed by atoms with van der Waals surface area (Å²) in [4.78, 5) is 16.0. The molecule has 0 aromatic carbocycles. The Balaban J connectivity index is 1.98. The van der Waals surface area contributed by atoms with Crippen molar-refractivity contribution in [1.82, 2.24) is 20.2 Å². The molecule has 1 unspecified atom stereocenters. The minimum absolute atomic E-state index is 0.101. The van der Waals surface area contributed by atoms with Gasteiger partial charge in [-0.2, -0.15) is 0 Å². The van der Waals surface area contributed by atoms with E-state index in [0.717, 1.165) is 19.5 Å². The second kappa shape index (κ2) is 5.74. The van der Waals surface area contributed by atoms with Crippen LogP contribution in [0.4, 0.5) is 0 Å². The van der Waals surface area contributed by atoms with E-state index < -0.39 is 0 Å². The maximum atomic E-state index is 11.7. The van der Waals surface area contributed by atoms with E-state index in [1.807, 2.05) is 26.4 Å². The highest BCUT2D eigenvalue weighted by molar-refractivity contribution is 5.76. The summed E-state index contributed by atoms with van der Waals surface area (Å²) in [5.41, 5.74) is 1.38. The fraction of sp³-hybridized carbons (Fsp3) is 0.714. The van der Waals surface area contributed by atoms with E-state index in [1.165, 1.54) is 5.69 Å². The predicted molar refractivity (Wildman–Crippen MR) is 75.0 cm³/mol. The molecule has 0 bridgehead atoms. The van der Waals surface area contributed by atoms with Crippen LogP contribution in [0.1, 0.15) is 39.3 Å². The van der Waals surface area contributed by atoms with Gasteiger partial charge in [0.1, 0.15) is 0 Å². The Hall–Kier alpha value is -1.36. The van der Waals surface area contributed by atoms with E-state index in [0.29, 0.717) is 13.0 Å². The van der Waals surface area contributed by atoms with Crippen LogP contribution in [0.25, 0.3) is 0 Å². The first-order valence-electron chi connectivity index (χ1n) is 7.02. The van der Waals surface area contributed by atoms with Gasteiger partial charge in [-0.05, 0) is 26.8 Å². The standard InChI is InChI=1S/C14H24N4O/c1-11(2)17-13(19)4-7-18-10-16-8-12(18)14(3)5-6-15-9-14/h8,10-11,15H,4-7,9H2,1-3H3,(H,17,19). The number of nitrogens with zero attached hydrogens (tertiary/aromatic N) is 2. The van der Waals surface area contributed by atoms with Crippen molar-refractivity contribution in [3.63, 3.8) is 0 Å². The third-order valence-corrected chi connectivity index (χ3v) is 3.73. The van der Waals surface area contributed by atoms with Gasteiger partial charge in [-0.3, -0.25) is 4.79 Å². The molecule has 1 atom stereocenters. The van der Waals surface area contributed by atoms with Crippen LogP contribution >= 0.6 is 0 Å². The van der Waals surface area contributed by atoms with Crippen LogP contribution < -0.4 is 10.6 Å². The molecule has 0 saturated carbocycles. The number of hydrogen-bond donors (Lipinski definition) is 2. The predicted octanol–water partition coefficient (Wildman–Crippen LogP) is 1.05. The highest BCUT2D eigenvalue weighted by atomic mass is 16.1. The second-order valence-corrected chi connectivity index (χ2v) is 5.93. The number of hydrogen-bond acceptors (Lipinski definition) is 3. The minimum atomic E-state index is 0.101. The molecule has 1 aromatic rings. The zero-order valence-electron chi connectivity index (χ0n) is 12.1. The van der Waals surface area contributed by atoms with Crippen LogP contribution in [0.5, 0.6) is 0 Å². The Bertz CT molecular complexity index is 432. The van der Waals surface area contributed by atoms with Crippen LogP contribution in [-0.4, -0.2) is 34.6 Å². The Morgan fingerprint density at radius 2 is 2.42 bits per heavy atom. The van der Waals surface area contributed by atoms with Crippen LogP contribution in [0.15, 0.2) is 12.5 Å². The van der Waals surface area contributed by atoms with E-state index in [1.54, 1.807) is 0 Å². The Morgan fingerprint density at radius 3 is 3.05 bits per heavy atom. The molecule has 2 N–H and O–H groups in total. The van der Waals surface area contributed by atoms with Gasteiger partial charge in [0.05, 0.1) is 6.33 Å². The number of carbonyl (C=O) groups is 1. The number of imidazole rings is 1. The molecule has 1 fully saturated rings. The van der Waals surface area contributed by atoms with Crippen molar-refractivity contribution in [1.29, 1.82) is 0 Å². The van der Waals surface area contributed by atoms with Crippen LogP contribution in [0.3, 0.4) is 0 Å². The third-order valence-electron chi connectivity index (χ3n) is 3.73. The van der Waals surface area contributed by atoms with Crippen molar-refractivity contribution < 1.29 is 4.79 Å². The fourth-order valence-electron chi connectivity index (χ4n) is 2.65. The van der Waals surface area contributed by atoms with Crippen molar-refractivity contribution in [3.05, 3.63) is 18.2 Å². The maximum absolute atomic E-state index is 11.7. The molecule has 0 spiro atoms. The lowest BCUT2D eigenvalue weighted by atomic mass is 9.86. The largest absolute Gasteiger partial charge is 0.354 e. The molecular weight excluding hydrogens is 240 g/mol. The Morgan fingerprint density at radius 1 is 1.63 bits per heavy atom. The molecule has 1 aromatic heterocycles. The van der Waals surface area contributed by atoms with Gasteiger partial charge in [0.2, 0.25) is 5.91 Å². The van der Waals surface area contributed by atoms with Gasteiger partial charge >= 0.3 is 0 Å². The lowest BCUT2D eigenvalue weighted by molar-refractivity contribution is -0.121. The first kappa shape index (κ1) is 14.1. The first-order chi connectivity index (χ1) is 9.01. The lowest BCUT2D eigenvalue weighted by Gasteiger charge is -2.24. The summed E-state index contributed by atoms with van der Waals surface area (Å²) in [7, 11) is 0. The first-order valence-corrected chi connectivity index (χ1v) is 7.02. The number of rotatable bonds is 5. The summed E-state index contributed by atoms with van der Waals surface area (Å²) in [6.45, 7) is 8.95. The molecule has 1 aliphatic heterocycles. The van der Waals surface area contributed by atoms with E-state index in [2.05, 4.69) is 27.1 Å². The van der Waals surface area contributed by atoms with Gasteiger partial charge in [0, 0.05) is 42.9 Å². The van der Waals surface area contributed by atoms with E-state index in [9.17, 15) is 4.79 Å². The van der Waals surface area contributed by atoms with Gasteiger partial charge in [-0.15, -0.1) is 0 Å². The Labute approximate surface area is 114 Å². The van der Waals surface area contributed by atoms with Crippen LogP contribution in [0.2, 0.25) is 0 Å². The number of aryl methyl sites for hydroxylation is 1. The van der Waals surface area contributed by atoms with E-state index >= 15 is 0 Å². The van der Waals surface area contributed by atoms with Gasteiger partial charge in [-0.25, -0.2) is 4.98 Å². The summed E-state index contributed by atoms with van der Waals surface area (Å²) < 4.78 is 2.12. The molecule has 2 heterocycles. The monoisotopic (exact) mass is 264 g/mol. The number of nitrogens with one attached hydrogen (secondary N) is 2. The molecule has 0 aliphatic carbocycles. The molecule has 1 aliphatic rings. The summed E-state index contributed by atoms with van der Waals surface area (Å²) in [5.74, 6) is 0.101.